The molecule has 0 bridgehead atoms. The second kappa shape index (κ2) is 11.2. The van der Waals surface area contributed by atoms with Gasteiger partial charge in [-0.25, -0.2) is 4.79 Å². The van der Waals surface area contributed by atoms with Gasteiger partial charge in [0.1, 0.15) is 6.61 Å². The fourth-order valence-corrected chi connectivity index (χ4v) is 2.62. The SMILES string of the molecule is COCCCNC(=O)NC(=O)c1cc(OCc2ccccc2)c(OC)cc1C(F)(F)F. The maximum atomic E-state index is 13.5. The molecule has 0 aliphatic carbocycles. The molecule has 2 aromatic carbocycles. The maximum Gasteiger partial charge on any atom is 0.417 e. The number of amides is 3. The number of carbonyl (C=O) groups excluding carboxylic acids is 2. The minimum absolute atomic E-state index is 0.0452. The summed E-state index contributed by atoms with van der Waals surface area (Å²) in [5.74, 6) is -1.47. The smallest absolute Gasteiger partial charge is 0.417 e. The Kier molecular flexibility index (Phi) is 8.68. The van der Waals surface area contributed by atoms with Gasteiger partial charge in [0.2, 0.25) is 0 Å². The highest BCUT2D eigenvalue weighted by molar-refractivity contribution is 6.05. The maximum absolute atomic E-state index is 13.5. The number of imide groups is 1. The molecule has 0 spiro atoms. The normalized spacial score (nSPS) is 11.0. The lowest BCUT2D eigenvalue weighted by atomic mass is 10.0. The molecule has 2 N–H and O–H groups in total. The molecule has 3 amide bonds. The molecule has 0 radical (unpaired) electrons. The van der Waals surface area contributed by atoms with Gasteiger partial charge in [0.25, 0.3) is 5.91 Å². The van der Waals surface area contributed by atoms with E-state index in [2.05, 4.69) is 5.32 Å². The molecule has 0 saturated heterocycles. The van der Waals surface area contributed by atoms with Crippen LogP contribution in [0.2, 0.25) is 0 Å². The van der Waals surface area contributed by atoms with Crippen molar-refractivity contribution in [2.75, 3.05) is 27.4 Å². The van der Waals surface area contributed by atoms with Crippen LogP contribution in [0.25, 0.3) is 0 Å². The molecule has 168 valence electrons. The summed E-state index contributed by atoms with van der Waals surface area (Å²) in [6, 6.07) is 9.60. The van der Waals surface area contributed by atoms with Crippen LogP contribution in [0, 0.1) is 0 Å². The van der Waals surface area contributed by atoms with Crippen molar-refractivity contribution in [2.24, 2.45) is 0 Å². The van der Waals surface area contributed by atoms with Crippen LogP contribution in [-0.4, -0.2) is 39.3 Å². The van der Waals surface area contributed by atoms with Crippen molar-refractivity contribution in [3.05, 3.63) is 59.2 Å². The van der Waals surface area contributed by atoms with Crippen molar-refractivity contribution in [1.29, 1.82) is 0 Å². The van der Waals surface area contributed by atoms with Gasteiger partial charge in [0.05, 0.1) is 18.2 Å². The molecule has 31 heavy (non-hydrogen) atoms. The molecule has 7 nitrogen and oxygen atoms in total. The second-order valence-corrected chi connectivity index (χ2v) is 6.38. The van der Waals surface area contributed by atoms with E-state index in [0.29, 0.717) is 19.1 Å². The first-order valence-corrected chi connectivity index (χ1v) is 9.30. The summed E-state index contributed by atoms with van der Waals surface area (Å²) in [7, 11) is 2.68. The molecule has 0 fully saturated rings. The first-order valence-electron chi connectivity index (χ1n) is 9.30. The van der Waals surface area contributed by atoms with E-state index in [1.165, 1.54) is 14.2 Å². The summed E-state index contributed by atoms with van der Waals surface area (Å²) in [6.45, 7) is 0.615. The average Bonchev–Trinajstić information content (AvgIpc) is 2.74. The van der Waals surface area contributed by atoms with Gasteiger partial charge in [-0.05, 0) is 24.1 Å². The molecule has 0 heterocycles. The van der Waals surface area contributed by atoms with Gasteiger partial charge in [0.15, 0.2) is 11.5 Å². The van der Waals surface area contributed by atoms with Crippen molar-refractivity contribution in [1.82, 2.24) is 10.6 Å². The number of urea groups is 1. The number of methoxy groups -OCH3 is 2. The topological polar surface area (TPSA) is 85.9 Å². The Labute approximate surface area is 177 Å². The van der Waals surface area contributed by atoms with Gasteiger partial charge >= 0.3 is 12.2 Å². The van der Waals surface area contributed by atoms with Crippen LogP contribution in [0.5, 0.6) is 11.5 Å². The number of hydrogen-bond acceptors (Lipinski definition) is 5. The third-order valence-corrected chi connectivity index (χ3v) is 4.13. The fourth-order valence-electron chi connectivity index (χ4n) is 2.62. The second-order valence-electron chi connectivity index (χ2n) is 6.38. The lowest BCUT2D eigenvalue weighted by Crippen LogP contribution is -2.40. The Morgan fingerprint density at radius 3 is 2.35 bits per heavy atom. The first-order chi connectivity index (χ1) is 14.8. The summed E-state index contributed by atoms with van der Waals surface area (Å²) in [4.78, 5) is 24.3. The van der Waals surface area contributed by atoms with E-state index in [-0.39, 0.29) is 24.7 Å². The number of alkyl halides is 3. The number of benzene rings is 2. The van der Waals surface area contributed by atoms with E-state index in [9.17, 15) is 22.8 Å². The van der Waals surface area contributed by atoms with Crippen LogP contribution in [0.15, 0.2) is 42.5 Å². The molecule has 0 aliphatic rings. The predicted molar refractivity (Wildman–Crippen MR) is 106 cm³/mol. The number of nitrogens with one attached hydrogen (secondary N) is 2. The molecule has 2 aromatic rings. The predicted octanol–water partition coefficient (Wildman–Crippen LogP) is 3.77. The Balaban J connectivity index is 2.25. The Hall–Kier alpha value is -3.27. The zero-order chi connectivity index (χ0) is 22.9. The summed E-state index contributed by atoms with van der Waals surface area (Å²) in [5.41, 5.74) is -1.24. The fraction of sp³-hybridized carbons (Fsp3) is 0.333. The van der Waals surface area contributed by atoms with Gasteiger partial charge in [-0.1, -0.05) is 30.3 Å². The minimum Gasteiger partial charge on any atom is -0.493 e. The Morgan fingerprint density at radius 1 is 1.03 bits per heavy atom. The van der Waals surface area contributed by atoms with Crippen molar-refractivity contribution in [2.45, 2.75) is 19.2 Å². The molecule has 10 heteroatoms. The molecule has 0 unspecified atom stereocenters. The zero-order valence-corrected chi connectivity index (χ0v) is 17.0. The van der Waals surface area contributed by atoms with Crippen molar-refractivity contribution in [3.8, 4) is 11.5 Å². The largest absolute Gasteiger partial charge is 0.493 e. The van der Waals surface area contributed by atoms with E-state index < -0.39 is 29.2 Å². The van der Waals surface area contributed by atoms with Crippen LogP contribution in [0.3, 0.4) is 0 Å². The van der Waals surface area contributed by atoms with Crippen molar-refractivity contribution < 1.29 is 37.0 Å². The van der Waals surface area contributed by atoms with Crippen LogP contribution >= 0.6 is 0 Å². The lowest BCUT2D eigenvalue weighted by Gasteiger charge is -2.17. The van der Waals surface area contributed by atoms with Gasteiger partial charge in [-0.3, -0.25) is 10.1 Å². The monoisotopic (exact) mass is 440 g/mol. The highest BCUT2D eigenvalue weighted by Gasteiger charge is 2.37. The number of hydrogen-bond donors (Lipinski definition) is 2. The van der Waals surface area contributed by atoms with E-state index in [1.807, 2.05) is 11.4 Å². The van der Waals surface area contributed by atoms with E-state index in [1.54, 1.807) is 24.3 Å². The Morgan fingerprint density at radius 2 is 1.74 bits per heavy atom. The number of rotatable bonds is 9. The summed E-state index contributed by atoms with van der Waals surface area (Å²) >= 11 is 0. The zero-order valence-electron chi connectivity index (χ0n) is 17.0. The number of halogens is 3. The number of ether oxygens (including phenoxy) is 3. The summed E-state index contributed by atoms with van der Waals surface area (Å²) in [6.07, 6.45) is -4.38. The quantitative estimate of drug-likeness (QED) is 0.580. The highest BCUT2D eigenvalue weighted by atomic mass is 19.4. The first kappa shape index (κ1) is 24.0. The molecular weight excluding hydrogens is 417 g/mol. The standard InChI is InChI=1S/C21H23F3N2O5/c1-29-10-6-9-25-20(28)26-19(27)15-11-18(31-13-14-7-4-3-5-8-14)17(30-2)12-16(15)21(22,23)24/h3-5,7-8,11-12H,6,9-10,13H2,1-2H3,(H2,25,26,27,28). The van der Waals surface area contributed by atoms with Crippen molar-refractivity contribution >= 4 is 11.9 Å². The van der Waals surface area contributed by atoms with Crippen LogP contribution in [0.4, 0.5) is 18.0 Å². The molecule has 0 saturated carbocycles. The number of carbonyl (C=O) groups is 2. The minimum atomic E-state index is -4.85. The van der Waals surface area contributed by atoms with Gasteiger partial charge in [-0.2, -0.15) is 13.2 Å². The van der Waals surface area contributed by atoms with Gasteiger partial charge < -0.3 is 19.5 Å². The molecule has 0 atom stereocenters. The Bertz CT molecular complexity index is 889. The third-order valence-electron chi connectivity index (χ3n) is 4.13. The van der Waals surface area contributed by atoms with Gasteiger partial charge in [-0.15, -0.1) is 0 Å². The molecule has 2 rings (SSSR count). The molecule has 0 aromatic heterocycles. The summed E-state index contributed by atoms with van der Waals surface area (Å²) < 4.78 is 56.0. The van der Waals surface area contributed by atoms with Crippen LogP contribution in [-0.2, 0) is 17.5 Å². The van der Waals surface area contributed by atoms with Crippen molar-refractivity contribution in [3.63, 3.8) is 0 Å². The van der Waals surface area contributed by atoms with E-state index >= 15 is 0 Å². The van der Waals surface area contributed by atoms with E-state index in [0.717, 1.165) is 11.6 Å². The van der Waals surface area contributed by atoms with E-state index in [4.69, 9.17) is 14.2 Å². The summed E-state index contributed by atoms with van der Waals surface area (Å²) in [5, 5.41) is 4.27. The van der Waals surface area contributed by atoms with Crippen LogP contribution < -0.4 is 20.1 Å². The van der Waals surface area contributed by atoms with Crippen LogP contribution in [0.1, 0.15) is 27.9 Å². The average molecular weight is 440 g/mol. The lowest BCUT2D eigenvalue weighted by molar-refractivity contribution is -0.138. The van der Waals surface area contributed by atoms with Gasteiger partial charge in [0, 0.05) is 20.3 Å². The highest BCUT2D eigenvalue weighted by Crippen LogP contribution is 2.39. The molecule has 0 aliphatic heterocycles. The third kappa shape index (κ3) is 7.18. The molecular formula is C21H23F3N2O5.